The lowest BCUT2D eigenvalue weighted by molar-refractivity contribution is 0.414. The van der Waals surface area contributed by atoms with E-state index in [0.717, 1.165) is 17.9 Å². The molecule has 0 atom stereocenters. The number of rotatable bonds is 7. The number of nitrogens with zero attached hydrogens (tertiary/aromatic N) is 2. The highest BCUT2D eigenvalue weighted by Crippen LogP contribution is 2.19. The Labute approximate surface area is 152 Å². The molecule has 0 aliphatic carbocycles. The van der Waals surface area contributed by atoms with Gasteiger partial charge < -0.3 is 15.4 Å². The summed E-state index contributed by atoms with van der Waals surface area (Å²) in [6.45, 7) is 2.57. The number of aryl methyl sites for hydroxylation is 1. The van der Waals surface area contributed by atoms with Gasteiger partial charge in [0.25, 0.3) is 0 Å². The molecule has 5 nitrogen and oxygen atoms in total. The molecule has 3 aromatic rings. The molecule has 0 saturated heterocycles. The Hall–Kier alpha value is -3.15. The summed E-state index contributed by atoms with van der Waals surface area (Å²) in [5.41, 5.74) is 2.37. The fraction of sp³-hybridized carbons (Fsp3) is 0.200. The first-order chi connectivity index (χ1) is 12.6. The molecule has 0 aliphatic rings. The van der Waals surface area contributed by atoms with Crippen LogP contribution in [0.5, 0.6) is 5.75 Å². The van der Waals surface area contributed by atoms with Crippen LogP contribution >= 0.6 is 0 Å². The number of ether oxygens (including phenoxy) is 1. The Morgan fingerprint density at radius 2 is 1.81 bits per heavy atom. The number of hydrogen-bond acceptors (Lipinski definition) is 5. The molecule has 0 amide bonds. The van der Waals surface area contributed by atoms with Crippen LogP contribution in [0.2, 0.25) is 0 Å². The van der Waals surface area contributed by atoms with Crippen LogP contribution in [0.25, 0.3) is 0 Å². The van der Waals surface area contributed by atoms with E-state index in [1.165, 1.54) is 11.6 Å². The van der Waals surface area contributed by atoms with Gasteiger partial charge in [-0.25, -0.2) is 9.37 Å². The van der Waals surface area contributed by atoms with Crippen LogP contribution in [0.4, 0.5) is 21.8 Å². The SMILES string of the molecule is COc1ccc(CCNc2nc(C)cc(Nc3ccccc3F)n2)cc1. The lowest BCUT2D eigenvalue weighted by atomic mass is 10.1. The quantitative estimate of drug-likeness (QED) is 0.663. The maximum absolute atomic E-state index is 13.8. The summed E-state index contributed by atoms with van der Waals surface area (Å²) in [6, 6.07) is 16.2. The van der Waals surface area contributed by atoms with Crippen LogP contribution in [0.15, 0.2) is 54.6 Å². The molecule has 0 spiro atoms. The van der Waals surface area contributed by atoms with Gasteiger partial charge in [0.05, 0.1) is 12.8 Å². The Bertz CT molecular complexity index is 868. The monoisotopic (exact) mass is 352 g/mol. The van der Waals surface area contributed by atoms with E-state index in [-0.39, 0.29) is 5.82 Å². The lowest BCUT2D eigenvalue weighted by Crippen LogP contribution is -2.09. The van der Waals surface area contributed by atoms with Crippen molar-refractivity contribution in [3.05, 3.63) is 71.7 Å². The summed E-state index contributed by atoms with van der Waals surface area (Å²) in [4.78, 5) is 8.79. The molecule has 0 saturated carbocycles. The van der Waals surface area contributed by atoms with Gasteiger partial charge in [-0.2, -0.15) is 4.98 Å². The van der Waals surface area contributed by atoms with E-state index in [9.17, 15) is 4.39 Å². The van der Waals surface area contributed by atoms with Gasteiger partial charge in [0.1, 0.15) is 17.4 Å². The summed E-state index contributed by atoms with van der Waals surface area (Å²) >= 11 is 0. The molecule has 0 radical (unpaired) electrons. The molecule has 0 unspecified atom stereocenters. The first-order valence-corrected chi connectivity index (χ1v) is 8.38. The second-order valence-corrected chi connectivity index (χ2v) is 5.85. The predicted molar refractivity (Wildman–Crippen MR) is 102 cm³/mol. The lowest BCUT2D eigenvalue weighted by Gasteiger charge is -2.10. The second-order valence-electron chi connectivity index (χ2n) is 5.85. The fourth-order valence-electron chi connectivity index (χ4n) is 2.52. The molecular weight excluding hydrogens is 331 g/mol. The number of anilines is 3. The summed E-state index contributed by atoms with van der Waals surface area (Å²) in [6.07, 6.45) is 0.831. The molecule has 1 aromatic heterocycles. The van der Waals surface area contributed by atoms with Gasteiger partial charge in [-0.3, -0.25) is 0 Å². The van der Waals surface area contributed by atoms with Crippen molar-refractivity contribution in [1.82, 2.24) is 9.97 Å². The average molecular weight is 352 g/mol. The molecule has 1 heterocycles. The van der Waals surface area contributed by atoms with Gasteiger partial charge in [-0.1, -0.05) is 24.3 Å². The first kappa shape index (κ1) is 17.7. The standard InChI is InChI=1S/C20H21FN4O/c1-14-13-19(24-18-6-4-3-5-17(18)21)25-20(23-14)22-12-11-15-7-9-16(26-2)10-8-15/h3-10,13H,11-12H2,1-2H3,(H2,22,23,24,25). The van der Waals surface area contributed by atoms with Crippen molar-refractivity contribution in [1.29, 1.82) is 0 Å². The minimum atomic E-state index is -0.321. The normalized spacial score (nSPS) is 10.4. The highest BCUT2D eigenvalue weighted by atomic mass is 19.1. The minimum absolute atomic E-state index is 0.321. The van der Waals surface area contributed by atoms with Crippen LogP contribution < -0.4 is 15.4 Å². The maximum atomic E-state index is 13.8. The van der Waals surface area contributed by atoms with Crippen molar-refractivity contribution >= 4 is 17.5 Å². The summed E-state index contributed by atoms with van der Waals surface area (Å²) < 4.78 is 18.9. The number of methoxy groups -OCH3 is 1. The fourth-order valence-corrected chi connectivity index (χ4v) is 2.52. The molecule has 26 heavy (non-hydrogen) atoms. The predicted octanol–water partition coefficient (Wildman–Crippen LogP) is 4.33. The number of hydrogen-bond donors (Lipinski definition) is 2. The molecule has 3 rings (SSSR count). The van der Waals surface area contributed by atoms with Crippen LogP contribution in [0.3, 0.4) is 0 Å². The number of aromatic nitrogens is 2. The van der Waals surface area contributed by atoms with Gasteiger partial charge >= 0.3 is 0 Å². The molecule has 0 aliphatic heterocycles. The Morgan fingerprint density at radius 1 is 1.04 bits per heavy atom. The molecule has 2 aromatic carbocycles. The zero-order valence-corrected chi connectivity index (χ0v) is 14.8. The van der Waals surface area contributed by atoms with Crippen molar-refractivity contribution < 1.29 is 9.13 Å². The van der Waals surface area contributed by atoms with Crippen LogP contribution in [-0.4, -0.2) is 23.6 Å². The van der Waals surface area contributed by atoms with Crippen molar-refractivity contribution in [2.24, 2.45) is 0 Å². The smallest absolute Gasteiger partial charge is 0.224 e. The van der Waals surface area contributed by atoms with Crippen LogP contribution in [0.1, 0.15) is 11.3 Å². The number of benzene rings is 2. The third-order valence-electron chi connectivity index (χ3n) is 3.85. The highest BCUT2D eigenvalue weighted by molar-refractivity contribution is 5.58. The van der Waals surface area contributed by atoms with E-state index in [1.54, 1.807) is 31.4 Å². The molecular formula is C20H21FN4O. The third-order valence-corrected chi connectivity index (χ3v) is 3.85. The Kier molecular flexibility index (Phi) is 5.63. The maximum Gasteiger partial charge on any atom is 0.224 e. The largest absolute Gasteiger partial charge is 0.497 e. The van der Waals surface area contributed by atoms with E-state index in [1.807, 2.05) is 31.2 Å². The first-order valence-electron chi connectivity index (χ1n) is 8.38. The van der Waals surface area contributed by atoms with Gasteiger partial charge in [0.15, 0.2) is 0 Å². The Balaban J connectivity index is 1.62. The van der Waals surface area contributed by atoms with Crippen molar-refractivity contribution in [2.75, 3.05) is 24.3 Å². The topological polar surface area (TPSA) is 59.1 Å². The van der Waals surface area contributed by atoms with Gasteiger partial charge in [0.2, 0.25) is 5.95 Å². The number of nitrogens with one attached hydrogen (secondary N) is 2. The average Bonchev–Trinajstić information content (AvgIpc) is 2.64. The minimum Gasteiger partial charge on any atom is -0.497 e. The second kappa shape index (κ2) is 8.29. The Morgan fingerprint density at radius 3 is 2.54 bits per heavy atom. The van der Waals surface area contributed by atoms with Crippen molar-refractivity contribution in [3.8, 4) is 5.75 Å². The zero-order valence-electron chi connectivity index (χ0n) is 14.8. The number of halogens is 1. The van der Waals surface area contributed by atoms with Gasteiger partial charge in [-0.15, -0.1) is 0 Å². The van der Waals surface area contributed by atoms with E-state index in [4.69, 9.17) is 4.74 Å². The summed E-state index contributed by atoms with van der Waals surface area (Å²) in [5, 5.41) is 6.21. The van der Waals surface area contributed by atoms with Crippen LogP contribution in [-0.2, 0) is 6.42 Å². The summed E-state index contributed by atoms with van der Waals surface area (Å²) in [7, 11) is 1.65. The molecule has 0 fully saturated rings. The van der Waals surface area contributed by atoms with Gasteiger partial charge in [0, 0.05) is 18.3 Å². The molecule has 6 heteroatoms. The highest BCUT2D eigenvalue weighted by Gasteiger charge is 2.05. The van der Waals surface area contributed by atoms with Gasteiger partial charge in [-0.05, 0) is 43.2 Å². The van der Waals surface area contributed by atoms with Crippen molar-refractivity contribution in [3.63, 3.8) is 0 Å². The van der Waals surface area contributed by atoms with E-state index in [0.29, 0.717) is 24.0 Å². The molecule has 0 bridgehead atoms. The summed E-state index contributed by atoms with van der Waals surface area (Å²) in [5.74, 6) is 1.58. The number of para-hydroxylation sites is 1. The zero-order chi connectivity index (χ0) is 18.4. The van der Waals surface area contributed by atoms with E-state index >= 15 is 0 Å². The van der Waals surface area contributed by atoms with E-state index < -0.39 is 0 Å². The van der Waals surface area contributed by atoms with Crippen LogP contribution in [0, 0.1) is 12.7 Å². The molecule has 134 valence electrons. The molecule has 2 N–H and O–H groups in total. The van der Waals surface area contributed by atoms with Crippen molar-refractivity contribution in [2.45, 2.75) is 13.3 Å². The third kappa shape index (κ3) is 4.69. The van der Waals surface area contributed by atoms with E-state index in [2.05, 4.69) is 20.6 Å².